The normalized spacial score (nSPS) is 15.9. The van der Waals surface area contributed by atoms with Crippen LogP contribution < -0.4 is 16.2 Å². The summed E-state index contributed by atoms with van der Waals surface area (Å²) < 4.78 is 88.3. The lowest BCUT2D eigenvalue weighted by molar-refractivity contribution is -0.271. The largest absolute Gasteiger partial charge is 0.418 e. The second-order valence-electron chi connectivity index (χ2n) is 19.0. The lowest BCUT2D eigenvalue weighted by Crippen LogP contribution is -2.52. The van der Waals surface area contributed by atoms with E-state index < -0.39 is 60.3 Å². The molecule has 1 saturated heterocycles. The molecule has 7 rings (SSSR count). The van der Waals surface area contributed by atoms with Crippen LogP contribution in [0.4, 0.5) is 26.3 Å². The summed E-state index contributed by atoms with van der Waals surface area (Å²) >= 11 is 0. The van der Waals surface area contributed by atoms with Gasteiger partial charge in [0.1, 0.15) is 0 Å². The third-order valence-electron chi connectivity index (χ3n) is 12.8. The minimum absolute atomic E-state index is 0.266. The summed E-state index contributed by atoms with van der Waals surface area (Å²) in [4.78, 5) is 26.6. The van der Waals surface area contributed by atoms with Crippen LogP contribution >= 0.6 is 0 Å². The summed E-state index contributed by atoms with van der Waals surface area (Å²) in [6.07, 6.45) is -5.80. The maximum atomic E-state index is 14.3. The van der Waals surface area contributed by atoms with Crippen LogP contribution in [0.2, 0.25) is 0 Å². The zero-order chi connectivity index (χ0) is 48.1. The van der Waals surface area contributed by atoms with Gasteiger partial charge in [0.15, 0.2) is 22.1 Å². The van der Waals surface area contributed by atoms with Crippen LogP contribution in [0.15, 0.2) is 131 Å². The fourth-order valence-electron chi connectivity index (χ4n) is 9.18. The van der Waals surface area contributed by atoms with Crippen LogP contribution in [-0.2, 0) is 37.0 Å². The van der Waals surface area contributed by atoms with Crippen LogP contribution in [-0.4, -0.2) is 67.4 Å². The number of nitrogens with zero attached hydrogens (tertiary/aromatic N) is 3. The van der Waals surface area contributed by atoms with Crippen LogP contribution in [0.25, 0.3) is 21.8 Å². The molecule has 4 aromatic carbocycles. The van der Waals surface area contributed by atoms with Crippen molar-refractivity contribution in [2.45, 2.75) is 121 Å². The maximum Gasteiger partial charge on any atom is 0.418 e. The van der Waals surface area contributed by atoms with E-state index in [9.17, 15) is 46.1 Å². The fourth-order valence-corrected chi connectivity index (χ4v) is 9.18. The van der Waals surface area contributed by atoms with Crippen molar-refractivity contribution < 1.29 is 36.6 Å². The minimum atomic E-state index is -4.87. The first-order chi connectivity index (χ1) is 31.0. The molecular formula is C52H60F6N4O4. The zero-order valence-corrected chi connectivity index (χ0v) is 38.1. The number of aromatic nitrogens is 2. The molecule has 3 N–H and O–H groups in total. The molecule has 0 aliphatic carbocycles. The Labute approximate surface area is 381 Å². The number of fused-ring (bicyclic) bond motifs is 2. The van der Waals surface area contributed by atoms with Gasteiger partial charge in [0.25, 0.3) is 0 Å². The SMILES string of the molecule is CC(C)(CC(O)(Cn1ccc(=O)c2ccccc21)C(F)(F)F)c1cccc(CN2CCCC2)c1.CCNCc1cccc(C(C)(C)CC(O)(Cn2ccc(=O)c3ccccc32)C(F)(F)F)c1. The van der Waals surface area contributed by atoms with Crippen molar-refractivity contribution in [2.75, 3.05) is 19.6 Å². The number of hydrogen-bond donors (Lipinski definition) is 3. The Bertz CT molecular complexity index is 2720. The molecule has 354 valence electrons. The fraction of sp³-hybridized carbons (Fsp3) is 0.423. The van der Waals surface area contributed by atoms with E-state index in [0.717, 1.165) is 48.4 Å². The maximum absolute atomic E-state index is 14.3. The van der Waals surface area contributed by atoms with E-state index in [1.54, 1.807) is 82.3 Å². The zero-order valence-electron chi connectivity index (χ0n) is 38.1. The van der Waals surface area contributed by atoms with E-state index in [0.29, 0.717) is 28.4 Å². The summed E-state index contributed by atoms with van der Waals surface area (Å²) in [5.41, 5.74) is -4.18. The molecule has 0 radical (unpaired) electrons. The third kappa shape index (κ3) is 11.6. The molecule has 2 atom stereocenters. The third-order valence-corrected chi connectivity index (χ3v) is 12.8. The number of alkyl halides is 6. The highest BCUT2D eigenvalue weighted by Crippen LogP contribution is 2.44. The number of benzene rings is 4. The lowest BCUT2D eigenvalue weighted by atomic mass is 9.74. The van der Waals surface area contributed by atoms with E-state index in [1.165, 1.54) is 46.5 Å². The van der Waals surface area contributed by atoms with Crippen molar-refractivity contribution in [1.29, 1.82) is 0 Å². The highest BCUT2D eigenvalue weighted by molar-refractivity contribution is 5.79. The Hall–Kier alpha value is -5.28. The van der Waals surface area contributed by atoms with Crippen LogP contribution in [0.1, 0.15) is 82.6 Å². The quantitative estimate of drug-likeness (QED) is 0.0888. The highest BCUT2D eigenvalue weighted by Gasteiger charge is 2.57. The average Bonchev–Trinajstić information content (AvgIpc) is 3.77. The Kier molecular flexibility index (Phi) is 15.1. The van der Waals surface area contributed by atoms with Gasteiger partial charge in [-0.3, -0.25) is 14.5 Å². The van der Waals surface area contributed by atoms with Crippen molar-refractivity contribution in [3.63, 3.8) is 0 Å². The van der Waals surface area contributed by atoms with Crippen molar-refractivity contribution in [3.05, 3.63) is 164 Å². The predicted octanol–water partition coefficient (Wildman–Crippen LogP) is 10.0. The lowest BCUT2D eigenvalue weighted by Gasteiger charge is -2.38. The Morgan fingerprint density at radius 2 is 1.00 bits per heavy atom. The van der Waals surface area contributed by atoms with E-state index in [2.05, 4.69) is 10.2 Å². The van der Waals surface area contributed by atoms with Gasteiger partial charge in [0, 0.05) is 48.4 Å². The predicted molar refractivity (Wildman–Crippen MR) is 248 cm³/mol. The molecule has 2 aromatic heterocycles. The van der Waals surface area contributed by atoms with Crippen molar-refractivity contribution in [3.8, 4) is 0 Å². The van der Waals surface area contributed by atoms with Gasteiger partial charge in [-0.2, -0.15) is 26.3 Å². The Morgan fingerprint density at radius 1 is 0.576 bits per heavy atom. The van der Waals surface area contributed by atoms with Gasteiger partial charge in [-0.25, -0.2) is 0 Å². The van der Waals surface area contributed by atoms with Gasteiger partial charge >= 0.3 is 12.4 Å². The summed E-state index contributed by atoms with van der Waals surface area (Å²) in [6, 6.07) is 30.6. The molecular weight excluding hydrogens is 859 g/mol. The molecule has 3 heterocycles. The smallest absolute Gasteiger partial charge is 0.379 e. The Balaban J connectivity index is 0.000000219. The molecule has 8 nitrogen and oxygen atoms in total. The summed E-state index contributed by atoms with van der Waals surface area (Å²) in [7, 11) is 0. The van der Waals surface area contributed by atoms with Gasteiger partial charge in [-0.1, -0.05) is 107 Å². The topological polar surface area (TPSA) is 99.7 Å². The van der Waals surface area contributed by atoms with E-state index in [4.69, 9.17) is 0 Å². The average molecular weight is 919 g/mol. The number of likely N-dealkylation sites (tertiary alicyclic amines) is 1. The molecule has 1 fully saturated rings. The van der Waals surface area contributed by atoms with Crippen LogP contribution in [0.3, 0.4) is 0 Å². The highest BCUT2D eigenvalue weighted by atomic mass is 19.4. The molecule has 6 aromatic rings. The monoisotopic (exact) mass is 918 g/mol. The molecule has 14 heteroatoms. The van der Waals surface area contributed by atoms with Crippen molar-refractivity contribution in [2.24, 2.45) is 0 Å². The van der Waals surface area contributed by atoms with Gasteiger partial charge in [0.2, 0.25) is 0 Å². The number of nitrogens with one attached hydrogen (secondary N) is 1. The van der Waals surface area contributed by atoms with Crippen molar-refractivity contribution in [1.82, 2.24) is 19.4 Å². The standard InChI is InChI=1S/C27H31F3N2O2.C25H29F3N2O2/c1-25(2,21-9-7-8-20(16-21)17-31-13-5-6-14-31)18-26(34,27(28,29)30)19-32-15-12-24(33)22-10-3-4-11-23(22)32;1-4-29-15-18-8-7-9-19(14-18)23(2,3)16-24(32,25(26,27)28)17-30-13-12-22(31)20-10-5-6-11-21(20)30/h3-4,7-12,15-16,34H,5-6,13-14,17-19H2,1-2H3;5-14,29,32H,4,15-17H2,1-3H3. The molecule has 66 heavy (non-hydrogen) atoms. The Morgan fingerprint density at radius 3 is 1.44 bits per heavy atom. The molecule has 0 amide bonds. The number of hydrogen-bond acceptors (Lipinski definition) is 6. The number of para-hydroxylation sites is 2. The molecule has 1 aliphatic rings. The second-order valence-corrected chi connectivity index (χ2v) is 19.0. The molecule has 0 saturated carbocycles. The van der Waals surface area contributed by atoms with E-state index in [-0.39, 0.29) is 10.9 Å². The van der Waals surface area contributed by atoms with Gasteiger partial charge < -0.3 is 24.7 Å². The number of halogens is 6. The summed E-state index contributed by atoms with van der Waals surface area (Å²) in [6.45, 7) is 11.7. The minimum Gasteiger partial charge on any atom is -0.379 e. The molecule has 0 bridgehead atoms. The van der Waals surface area contributed by atoms with E-state index >= 15 is 0 Å². The molecule has 0 spiro atoms. The second kappa shape index (κ2) is 19.9. The van der Waals surface area contributed by atoms with Gasteiger partial charge in [-0.15, -0.1) is 0 Å². The number of pyridine rings is 2. The van der Waals surface area contributed by atoms with Gasteiger partial charge in [-0.05, 0) is 103 Å². The number of aliphatic hydroxyl groups is 2. The van der Waals surface area contributed by atoms with Crippen molar-refractivity contribution >= 4 is 21.8 Å². The van der Waals surface area contributed by atoms with Gasteiger partial charge in [0.05, 0.1) is 24.1 Å². The first kappa shape index (κ1) is 50.1. The summed E-state index contributed by atoms with van der Waals surface area (Å²) in [5.74, 6) is 0. The first-order valence-electron chi connectivity index (χ1n) is 22.3. The molecule has 1 aliphatic heterocycles. The van der Waals surface area contributed by atoms with Crippen LogP contribution in [0, 0.1) is 0 Å². The molecule has 2 unspecified atom stereocenters. The first-order valence-corrected chi connectivity index (χ1v) is 22.3. The van der Waals surface area contributed by atoms with E-state index in [1.807, 2.05) is 49.4 Å². The van der Waals surface area contributed by atoms with Crippen LogP contribution in [0.5, 0.6) is 0 Å². The summed E-state index contributed by atoms with van der Waals surface area (Å²) in [5, 5.41) is 25.9. The number of rotatable bonds is 15.